The highest BCUT2D eigenvalue weighted by molar-refractivity contribution is 6.94. The first-order chi connectivity index (χ1) is 5.70. The zero-order valence-electron chi connectivity index (χ0n) is 8.57. The van der Waals surface area contributed by atoms with Gasteiger partial charge in [-0.05, 0) is 13.0 Å². The molecule has 3 heteroatoms. The van der Waals surface area contributed by atoms with Gasteiger partial charge in [0.1, 0.15) is 0 Å². The molecule has 12 heavy (non-hydrogen) atoms. The second-order valence-electron chi connectivity index (χ2n) is 3.68. The van der Waals surface area contributed by atoms with Gasteiger partial charge in [0.05, 0.1) is 0 Å². The lowest BCUT2D eigenvalue weighted by molar-refractivity contribution is 0.546. The number of hydrogen-bond donors (Lipinski definition) is 1. The lowest BCUT2D eigenvalue weighted by Gasteiger charge is -2.11. The first kappa shape index (κ1) is 12.3. The van der Waals surface area contributed by atoms with Crippen LogP contribution in [0.15, 0.2) is 0 Å². The van der Waals surface area contributed by atoms with E-state index in [2.05, 4.69) is 26.1 Å². The lowest BCUT2D eigenvalue weighted by Crippen LogP contribution is -2.23. The van der Waals surface area contributed by atoms with Gasteiger partial charge >= 0.3 is 0 Å². The predicted octanol–water partition coefficient (Wildman–Crippen LogP) is 2.55. The van der Waals surface area contributed by atoms with Crippen LogP contribution in [-0.4, -0.2) is 19.3 Å². The van der Waals surface area contributed by atoms with Crippen LogP contribution in [-0.2, 0) is 0 Å². The van der Waals surface area contributed by atoms with E-state index in [-0.39, 0.29) is 0 Å². The monoisotopic (exact) mass is 189 g/mol. The van der Waals surface area contributed by atoms with E-state index in [1.54, 1.807) is 0 Å². The molecule has 0 aromatic rings. The molecule has 0 amide bonds. The van der Waals surface area contributed by atoms with Crippen molar-refractivity contribution < 1.29 is 0 Å². The van der Waals surface area contributed by atoms with Crippen molar-refractivity contribution in [1.29, 1.82) is 0 Å². The Morgan fingerprint density at radius 3 is 2.50 bits per heavy atom. The molecule has 1 nitrogen and oxygen atoms in total. The van der Waals surface area contributed by atoms with Crippen LogP contribution in [0.25, 0.3) is 0 Å². The maximum Gasteiger partial charge on any atom is 0.236 e. The summed E-state index contributed by atoms with van der Waals surface area (Å²) in [5, 5.41) is 3.41. The van der Waals surface area contributed by atoms with Crippen LogP contribution >= 0.6 is 11.5 Å². The summed E-state index contributed by atoms with van der Waals surface area (Å²) in [5.74, 6) is 0.723. The Morgan fingerprint density at radius 1 is 1.42 bits per heavy atom. The Morgan fingerprint density at radius 2 is 2.08 bits per heavy atom. The predicted molar refractivity (Wildman–Crippen MR) is 59.4 cm³/mol. The van der Waals surface area contributed by atoms with Crippen molar-refractivity contribution in [2.45, 2.75) is 51.9 Å². The molecule has 0 saturated heterocycles. The highest BCUT2D eigenvalue weighted by Gasteiger charge is 2.05. The molecule has 0 aliphatic rings. The summed E-state index contributed by atoms with van der Waals surface area (Å²) in [7, 11) is 0. The van der Waals surface area contributed by atoms with Crippen LogP contribution in [0.5, 0.6) is 0 Å². The van der Waals surface area contributed by atoms with Crippen molar-refractivity contribution in [3.05, 3.63) is 0 Å². The van der Waals surface area contributed by atoms with Gasteiger partial charge < -0.3 is 5.32 Å². The zero-order chi connectivity index (χ0) is 9.40. The van der Waals surface area contributed by atoms with E-state index in [1.165, 1.54) is 19.3 Å². The molecule has 0 aromatic carbocycles. The second kappa shape index (κ2) is 7.94. The highest BCUT2D eigenvalue weighted by Crippen LogP contribution is 2.16. The van der Waals surface area contributed by atoms with Crippen LogP contribution < -0.4 is 5.32 Å². The minimum atomic E-state index is 0.612. The summed E-state index contributed by atoms with van der Waals surface area (Å²) in [6.07, 6.45) is 3.73. The summed E-state index contributed by atoms with van der Waals surface area (Å²) in [5.41, 5.74) is 0. The van der Waals surface area contributed by atoms with Gasteiger partial charge in [0.15, 0.2) is 0 Å². The summed E-state index contributed by atoms with van der Waals surface area (Å²) in [6.45, 7) is 8.52. The molecule has 1 unspecified atom stereocenters. The van der Waals surface area contributed by atoms with Crippen molar-refractivity contribution in [2.75, 3.05) is 6.54 Å². The molecule has 0 heterocycles. The minimum Gasteiger partial charge on any atom is -0.315 e. The SMILES string of the molecule is CCC(BCl)CCCNC(C)C. The van der Waals surface area contributed by atoms with Gasteiger partial charge in [0.2, 0.25) is 6.69 Å². The van der Waals surface area contributed by atoms with Crippen LogP contribution in [0, 0.1) is 0 Å². The molecule has 0 rings (SSSR count). The van der Waals surface area contributed by atoms with Crippen LogP contribution in [0.1, 0.15) is 40.0 Å². The van der Waals surface area contributed by atoms with Gasteiger partial charge in [0.25, 0.3) is 0 Å². The fourth-order valence-electron chi connectivity index (χ4n) is 1.17. The molecule has 1 atom stereocenters. The van der Waals surface area contributed by atoms with Crippen molar-refractivity contribution in [3.8, 4) is 0 Å². The Kier molecular flexibility index (Phi) is 8.15. The molecule has 0 saturated carbocycles. The van der Waals surface area contributed by atoms with Crippen LogP contribution in [0.3, 0.4) is 0 Å². The third kappa shape index (κ3) is 6.99. The van der Waals surface area contributed by atoms with E-state index in [0.29, 0.717) is 6.04 Å². The number of nitrogens with one attached hydrogen (secondary N) is 1. The Balaban J connectivity index is 3.17. The molecule has 0 aromatic heterocycles. The first-order valence-corrected chi connectivity index (χ1v) is 5.53. The van der Waals surface area contributed by atoms with E-state index in [9.17, 15) is 0 Å². The topological polar surface area (TPSA) is 12.0 Å². The molecule has 0 aliphatic carbocycles. The molecule has 0 bridgehead atoms. The Labute approximate surface area is 82.4 Å². The molecule has 0 radical (unpaired) electrons. The molecule has 0 fully saturated rings. The quantitative estimate of drug-likeness (QED) is 0.479. The third-order valence-corrected chi connectivity index (χ3v) is 2.57. The molecular formula is C9H21BClN. The normalized spacial score (nSPS) is 13.4. The van der Waals surface area contributed by atoms with Crippen LogP contribution in [0.2, 0.25) is 5.82 Å². The van der Waals surface area contributed by atoms with Gasteiger partial charge in [0, 0.05) is 6.04 Å². The standard InChI is InChI=1S/C9H21BClN/c1-4-9(10-11)6-5-7-12-8(2)3/h8-10,12H,4-7H2,1-3H3. The van der Waals surface area contributed by atoms with Gasteiger partial charge in [-0.3, -0.25) is 0 Å². The van der Waals surface area contributed by atoms with Crippen LogP contribution in [0.4, 0.5) is 0 Å². The lowest BCUT2D eigenvalue weighted by atomic mass is 9.80. The van der Waals surface area contributed by atoms with Crippen molar-refractivity contribution in [3.63, 3.8) is 0 Å². The van der Waals surface area contributed by atoms with E-state index in [0.717, 1.165) is 19.1 Å². The smallest absolute Gasteiger partial charge is 0.236 e. The first-order valence-electron chi connectivity index (χ1n) is 5.00. The maximum absolute atomic E-state index is 5.79. The fraction of sp³-hybridized carbons (Fsp3) is 1.00. The molecule has 1 N–H and O–H groups in total. The zero-order valence-corrected chi connectivity index (χ0v) is 9.32. The van der Waals surface area contributed by atoms with E-state index >= 15 is 0 Å². The number of halogens is 1. The number of rotatable bonds is 7. The Bertz CT molecular complexity index is 94.5. The van der Waals surface area contributed by atoms with Gasteiger partial charge in [-0.1, -0.05) is 39.4 Å². The molecular weight excluding hydrogens is 168 g/mol. The average Bonchev–Trinajstić information content (AvgIpc) is 2.04. The summed E-state index contributed by atoms with van der Waals surface area (Å²) >= 11 is 5.79. The highest BCUT2D eigenvalue weighted by atomic mass is 35.5. The largest absolute Gasteiger partial charge is 0.315 e. The molecule has 0 aliphatic heterocycles. The van der Waals surface area contributed by atoms with E-state index < -0.39 is 0 Å². The molecule has 0 spiro atoms. The Hall–Kier alpha value is 0.315. The summed E-state index contributed by atoms with van der Waals surface area (Å²) in [4.78, 5) is 0. The van der Waals surface area contributed by atoms with Crippen molar-refractivity contribution in [2.24, 2.45) is 0 Å². The maximum atomic E-state index is 5.79. The van der Waals surface area contributed by atoms with Crippen molar-refractivity contribution in [1.82, 2.24) is 5.32 Å². The van der Waals surface area contributed by atoms with Crippen molar-refractivity contribution >= 4 is 18.2 Å². The second-order valence-corrected chi connectivity index (χ2v) is 3.99. The number of hydrogen-bond acceptors (Lipinski definition) is 1. The van der Waals surface area contributed by atoms with E-state index in [1.807, 2.05) is 0 Å². The fourth-order valence-corrected chi connectivity index (χ4v) is 1.54. The van der Waals surface area contributed by atoms with Gasteiger partial charge in [-0.2, -0.15) is 0 Å². The third-order valence-electron chi connectivity index (χ3n) is 2.14. The average molecular weight is 190 g/mol. The summed E-state index contributed by atoms with van der Waals surface area (Å²) in [6, 6.07) is 0.612. The summed E-state index contributed by atoms with van der Waals surface area (Å²) < 4.78 is 0. The van der Waals surface area contributed by atoms with Gasteiger partial charge in [-0.25, -0.2) is 11.5 Å². The van der Waals surface area contributed by atoms with E-state index in [4.69, 9.17) is 11.5 Å². The minimum absolute atomic E-state index is 0.612. The molecule has 72 valence electrons. The van der Waals surface area contributed by atoms with Gasteiger partial charge in [-0.15, -0.1) is 0 Å².